The Morgan fingerprint density at radius 1 is 1.35 bits per heavy atom. The molecular formula is C11H15ClN4O. The second kappa shape index (κ2) is 6.98. The minimum absolute atomic E-state index is 0. The fourth-order valence-electron chi connectivity index (χ4n) is 1.36. The van der Waals surface area contributed by atoms with E-state index in [2.05, 4.69) is 20.4 Å². The zero-order valence-electron chi connectivity index (χ0n) is 9.59. The molecule has 0 radical (unpaired) electrons. The molecule has 0 fully saturated rings. The summed E-state index contributed by atoms with van der Waals surface area (Å²) in [6.45, 7) is 3.38. The van der Waals surface area contributed by atoms with Crippen LogP contribution < -0.4 is 5.32 Å². The Hall–Kier alpha value is -1.46. The van der Waals surface area contributed by atoms with E-state index in [1.54, 1.807) is 6.20 Å². The molecule has 2 aromatic heterocycles. The summed E-state index contributed by atoms with van der Waals surface area (Å²) < 4.78 is 5.00. The van der Waals surface area contributed by atoms with Crippen molar-refractivity contribution in [2.24, 2.45) is 0 Å². The molecule has 2 aromatic rings. The van der Waals surface area contributed by atoms with Gasteiger partial charge in [-0.3, -0.25) is 4.98 Å². The van der Waals surface area contributed by atoms with E-state index in [4.69, 9.17) is 4.52 Å². The summed E-state index contributed by atoms with van der Waals surface area (Å²) in [5.74, 6) is 1.35. The number of pyridine rings is 1. The normalized spacial score (nSPS) is 9.94. The lowest BCUT2D eigenvalue weighted by atomic mass is 10.3. The Kier molecular flexibility index (Phi) is 5.59. The lowest BCUT2D eigenvalue weighted by Gasteiger charge is -2.01. The highest BCUT2D eigenvalue weighted by Crippen LogP contribution is 1.96. The van der Waals surface area contributed by atoms with Crippen LogP contribution in [0.25, 0.3) is 0 Å². The van der Waals surface area contributed by atoms with Crippen molar-refractivity contribution in [2.45, 2.75) is 19.9 Å². The van der Waals surface area contributed by atoms with Crippen molar-refractivity contribution in [3.8, 4) is 0 Å². The molecular weight excluding hydrogens is 240 g/mol. The Bertz CT molecular complexity index is 432. The van der Waals surface area contributed by atoms with E-state index in [1.165, 1.54) is 0 Å². The molecule has 0 aliphatic rings. The SMILES string of the molecule is Cc1noc(CCNCc2ccccn2)n1.Cl. The number of aryl methyl sites for hydroxylation is 1. The number of halogens is 1. The van der Waals surface area contributed by atoms with E-state index in [-0.39, 0.29) is 12.4 Å². The molecule has 0 aromatic carbocycles. The maximum Gasteiger partial charge on any atom is 0.227 e. The van der Waals surface area contributed by atoms with Gasteiger partial charge in [0.15, 0.2) is 5.82 Å². The predicted molar refractivity (Wildman–Crippen MR) is 65.9 cm³/mol. The van der Waals surface area contributed by atoms with Crippen LogP contribution in [0.15, 0.2) is 28.9 Å². The summed E-state index contributed by atoms with van der Waals surface area (Å²) >= 11 is 0. The van der Waals surface area contributed by atoms with Gasteiger partial charge in [-0.2, -0.15) is 4.98 Å². The Morgan fingerprint density at radius 3 is 2.88 bits per heavy atom. The van der Waals surface area contributed by atoms with Crippen LogP contribution >= 0.6 is 12.4 Å². The molecule has 6 heteroatoms. The average molecular weight is 255 g/mol. The first-order valence-corrected chi connectivity index (χ1v) is 5.24. The van der Waals surface area contributed by atoms with Gasteiger partial charge >= 0.3 is 0 Å². The smallest absolute Gasteiger partial charge is 0.227 e. The molecule has 0 unspecified atom stereocenters. The van der Waals surface area contributed by atoms with Crippen LogP contribution in [0, 0.1) is 6.92 Å². The fraction of sp³-hybridized carbons (Fsp3) is 0.364. The molecule has 0 spiro atoms. The van der Waals surface area contributed by atoms with E-state index in [9.17, 15) is 0 Å². The minimum atomic E-state index is 0. The number of nitrogens with one attached hydrogen (secondary N) is 1. The minimum Gasteiger partial charge on any atom is -0.339 e. The van der Waals surface area contributed by atoms with Crippen molar-refractivity contribution < 1.29 is 4.52 Å². The van der Waals surface area contributed by atoms with Crippen molar-refractivity contribution in [3.05, 3.63) is 41.8 Å². The fourth-order valence-corrected chi connectivity index (χ4v) is 1.36. The third-order valence-corrected chi connectivity index (χ3v) is 2.12. The van der Waals surface area contributed by atoms with E-state index in [0.29, 0.717) is 11.7 Å². The topological polar surface area (TPSA) is 63.8 Å². The molecule has 2 heterocycles. The lowest BCUT2D eigenvalue weighted by Crippen LogP contribution is -2.17. The van der Waals surface area contributed by atoms with Gasteiger partial charge in [-0.05, 0) is 19.1 Å². The second-order valence-electron chi connectivity index (χ2n) is 3.48. The van der Waals surface area contributed by atoms with Crippen LogP contribution in [-0.4, -0.2) is 21.7 Å². The third-order valence-electron chi connectivity index (χ3n) is 2.12. The Labute approximate surface area is 106 Å². The highest BCUT2D eigenvalue weighted by molar-refractivity contribution is 5.85. The van der Waals surface area contributed by atoms with Gasteiger partial charge in [0.05, 0.1) is 5.69 Å². The quantitative estimate of drug-likeness (QED) is 0.820. The van der Waals surface area contributed by atoms with Gasteiger partial charge in [0.2, 0.25) is 5.89 Å². The second-order valence-corrected chi connectivity index (χ2v) is 3.48. The number of hydrogen-bond donors (Lipinski definition) is 1. The molecule has 0 saturated heterocycles. The third kappa shape index (κ3) is 4.50. The lowest BCUT2D eigenvalue weighted by molar-refractivity contribution is 0.372. The van der Waals surface area contributed by atoms with E-state index in [1.807, 2.05) is 25.1 Å². The number of nitrogens with zero attached hydrogens (tertiary/aromatic N) is 3. The number of hydrogen-bond acceptors (Lipinski definition) is 5. The maximum absolute atomic E-state index is 5.00. The molecule has 0 saturated carbocycles. The molecule has 2 rings (SSSR count). The van der Waals surface area contributed by atoms with Crippen molar-refractivity contribution in [2.75, 3.05) is 6.54 Å². The van der Waals surface area contributed by atoms with Crippen molar-refractivity contribution >= 4 is 12.4 Å². The summed E-state index contributed by atoms with van der Waals surface area (Å²) in [6, 6.07) is 5.87. The average Bonchev–Trinajstić information content (AvgIpc) is 2.72. The molecule has 0 atom stereocenters. The Morgan fingerprint density at radius 2 is 2.24 bits per heavy atom. The molecule has 1 N–H and O–H groups in total. The summed E-state index contributed by atoms with van der Waals surface area (Å²) in [6.07, 6.45) is 2.53. The van der Waals surface area contributed by atoms with Crippen LogP contribution in [0.1, 0.15) is 17.4 Å². The first-order chi connectivity index (χ1) is 7.84. The Balaban J connectivity index is 0.00000144. The monoisotopic (exact) mass is 254 g/mol. The number of rotatable bonds is 5. The zero-order chi connectivity index (χ0) is 11.2. The van der Waals surface area contributed by atoms with Gasteiger partial charge in [0.25, 0.3) is 0 Å². The van der Waals surface area contributed by atoms with Crippen LogP contribution in [0.2, 0.25) is 0 Å². The van der Waals surface area contributed by atoms with Crippen molar-refractivity contribution in [3.63, 3.8) is 0 Å². The zero-order valence-corrected chi connectivity index (χ0v) is 10.4. The van der Waals surface area contributed by atoms with Crippen LogP contribution in [0.3, 0.4) is 0 Å². The van der Waals surface area contributed by atoms with Gasteiger partial charge in [-0.1, -0.05) is 11.2 Å². The van der Waals surface area contributed by atoms with E-state index >= 15 is 0 Å². The van der Waals surface area contributed by atoms with Gasteiger partial charge in [0, 0.05) is 25.7 Å². The number of aromatic nitrogens is 3. The molecule has 0 aliphatic carbocycles. The summed E-state index contributed by atoms with van der Waals surface area (Å²) in [7, 11) is 0. The largest absolute Gasteiger partial charge is 0.339 e. The van der Waals surface area contributed by atoms with Crippen LogP contribution in [0.5, 0.6) is 0 Å². The molecule has 0 aliphatic heterocycles. The van der Waals surface area contributed by atoms with Gasteiger partial charge < -0.3 is 9.84 Å². The maximum atomic E-state index is 5.00. The summed E-state index contributed by atoms with van der Waals surface area (Å²) in [5, 5.41) is 7.00. The molecule has 17 heavy (non-hydrogen) atoms. The van der Waals surface area contributed by atoms with Gasteiger partial charge in [-0.25, -0.2) is 0 Å². The van der Waals surface area contributed by atoms with E-state index < -0.39 is 0 Å². The van der Waals surface area contributed by atoms with Gasteiger partial charge in [-0.15, -0.1) is 12.4 Å². The molecule has 92 valence electrons. The van der Waals surface area contributed by atoms with Gasteiger partial charge in [0.1, 0.15) is 0 Å². The summed E-state index contributed by atoms with van der Waals surface area (Å²) in [5.41, 5.74) is 1.03. The summed E-state index contributed by atoms with van der Waals surface area (Å²) in [4.78, 5) is 8.34. The predicted octanol–water partition coefficient (Wildman–Crippen LogP) is 1.53. The standard InChI is InChI=1S/C11H14N4O.ClH/c1-9-14-11(16-15-9)5-7-12-8-10-4-2-3-6-13-10;/h2-4,6,12H,5,7-8H2,1H3;1H. The first-order valence-electron chi connectivity index (χ1n) is 5.24. The van der Waals surface area contributed by atoms with Crippen LogP contribution in [-0.2, 0) is 13.0 Å². The molecule has 0 amide bonds. The first kappa shape index (κ1) is 13.6. The van der Waals surface area contributed by atoms with Crippen molar-refractivity contribution in [1.82, 2.24) is 20.4 Å². The van der Waals surface area contributed by atoms with E-state index in [0.717, 1.165) is 25.2 Å². The van der Waals surface area contributed by atoms with Crippen LogP contribution in [0.4, 0.5) is 0 Å². The highest BCUT2D eigenvalue weighted by Gasteiger charge is 2.01. The molecule has 5 nitrogen and oxygen atoms in total. The molecule has 0 bridgehead atoms. The highest BCUT2D eigenvalue weighted by atomic mass is 35.5. The van der Waals surface area contributed by atoms with Crippen molar-refractivity contribution in [1.29, 1.82) is 0 Å².